The molecule has 0 aliphatic heterocycles. The van der Waals surface area contributed by atoms with Gasteiger partial charge in [0.1, 0.15) is 6.29 Å². The summed E-state index contributed by atoms with van der Waals surface area (Å²) in [5, 5.41) is 0. The van der Waals surface area contributed by atoms with Gasteiger partial charge < -0.3 is 10.5 Å². The van der Waals surface area contributed by atoms with E-state index in [1.54, 1.807) is 0 Å². The molecule has 0 amide bonds. The third kappa shape index (κ3) is 2.61. The number of hydrogen-bond donors (Lipinski definition) is 1. The summed E-state index contributed by atoms with van der Waals surface area (Å²) in [5.41, 5.74) is 5.64. The Kier molecular flexibility index (Phi) is 3.47. The average Bonchev–Trinajstić information content (AvgIpc) is 1.84. The molecule has 0 spiro atoms. The molecule has 9 heavy (non-hydrogen) atoms. The molecule has 0 aromatic heterocycles. The van der Waals surface area contributed by atoms with Gasteiger partial charge in [-0.1, -0.05) is 20.8 Å². The average molecular weight is 129 g/mol. The zero-order valence-corrected chi connectivity index (χ0v) is 6.29. The number of aldehydes is 1. The fraction of sp³-hybridized carbons (Fsp3) is 0.857. The zero-order chi connectivity index (χ0) is 7.44. The van der Waals surface area contributed by atoms with Gasteiger partial charge in [0.25, 0.3) is 0 Å². The van der Waals surface area contributed by atoms with Gasteiger partial charge in [-0.05, 0) is 5.92 Å². The first-order chi connectivity index (χ1) is 4.09. The van der Waals surface area contributed by atoms with Gasteiger partial charge in [-0.3, -0.25) is 0 Å². The molecule has 0 saturated carbocycles. The topological polar surface area (TPSA) is 43.1 Å². The van der Waals surface area contributed by atoms with Crippen molar-refractivity contribution < 1.29 is 4.79 Å². The summed E-state index contributed by atoms with van der Waals surface area (Å²) in [6, 6.07) is 0.0162. The van der Waals surface area contributed by atoms with E-state index in [-0.39, 0.29) is 12.0 Å². The Balaban J connectivity index is 3.71. The molecule has 0 heterocycles. The summed E-state index contributed by atoms with van der Waals surface area (Å²) in [6.07, 6.45) is 0.907. The van der Waals surface area contributed by atoms with Crippen LogP contribution in [0.1, 0.15) is 20.8 Å². The van der Waals surface area contributed by atoms with E-state index in [4.69, 9.17) is 5.73 Å². The molecule has 2 heteroatoms. The lowest BCUT2D eigenvalue weighted by molar-refractivity contribution is -0.111. The molecule has 2 atom stereocenters. The second kappa shape index (κ2) is 3.62. The largest absolute Gasteiger partial charge is 0.327 e. The molecule has 0 fully saturated rings. The molecule has 0 radical (unpaired) electrons. The fourth-order valence-electron chi connectivity index (χ4n) is 0.698. The van der Waals surface area contributed by atoms with Crippen molar-refractivity contribution >= 4 is 6.29 Å². The van der Waals surface area contributed by atoms with Crippen molar-refractivity contribution in [2.45, 2.75) is 26.8 Å². The molecule has 0 aliphatic rings. The number of carbonyl (C=O) groups is 1. The van der Waals surface area contributed by atoms with E-state index in [1.165, 1.54) is 0 Å². The molecule has 0 aliphatic carbocycles. The highest BCUT2D eigenvalue weighted by atomic mass is 16.1. The molecule has 0 bridgehead atoms. The number of nitrogens with two attached hydrogens (primary N) is 1. The number of carbonyl (C=O) groups excluding carboxylic acids is 1. The van der Waals surface area contributed by atoms with Crippen LogP contribution in [0.3, 0.4) is 0 Å². The maximum atomic E-state index is 10.2. The van der Waals surface area contributed by atoms with Gasteiger partial charge in [0.05, 0.1) is 0 Å². The minimum absolute atomic E-state index is 0.00926. The van der Waals surface area contributed by atoms with Crippen molar-refractivity contribution in [2.75, 3.05) is 0 Å². The highest BCUT2D eigenvalue weighted by Crippen LogP contribution is 2.06. The quantitative estimate of drug-likeness (QED) is 0.573. The summed E-state index contributed by atoms with van der Waals surface area (Å²) >= 11 is 0. The minimum Gasteiger partial charge on any atom is -0.327 e. The predicted molar refractivity (Wildman–Crippen MR) is 38.0 cm³/mol. The van der Waals surface area contributed by atoms with E-state index in [0.717, 1.165) is 6.29 Å². The fourth-order valence-corrected chi connectivity index (χ4v) is 0.698. The molecule has 2 unspecified atom stereocenters. The zero-order valence-electron chi connectivity index (χ0n) is 6.29. The molecule has 0 aromatic rings. The summed E-state index contributed by atoms with van der Waals surface area (Å²) in [7, 11) is 0. The first-order valence-corrected chi connectivity index (χ1v) is 3.30. The second-order valence-electron chi connectivity index (χ2n) is 2.82. The van der Waals surface area contributed by atoms with Gasteiger partial charge >= 0.3 is 0 Å². The standard InChI is InChI=1S/C7H15NO/c1-5(2)7(8)6(3)4-9/h4-7H,8H2,1-3H3. The van der Waals surface area contributed by atoms with Gasteiger partial charge in [0, 0.05) is 12.0 Å². The molecule has 54 valence electrons. The molecule has 0 aromatic carbocycles. The molecular weight excluding hydrogens is 114 g/mol. The maximum Gasteiger partial charge on any atom is 0.124 e. The van der Waals surface area contributed by atoms with Crippen LogP contribution in [-0.2, 0) is 4.79 Å². The summed E-state index contributed by atoms with van der Waals surface area (Å²) in [4.78, 5) is 10.2. The molecular formula is C7H15NO. The highest BCUT2D eigenvalue weighted by molar-refractivity contribution is 5.54. The molecule has 0 rings (SSSR count). The summed E-state index contributed by atoms with van der Waals surface area (Å²) in [6.45, 7) is 5.88. The van der Waals surface area contributed by atoms with Crippen molar-refractivity contribution in [1.29, 1.82) is 0 Å². The Bertz CT molecular complexity index is 90.9. The van der Waals surface area contributed by atoms with Crippen molar-refractivity contribution in [3.8, 4) is 0 Å². The Morgan fingerprint density at radius 2 is 1.78 bits per heavy atom. The van der Waals surface area contributed by atoms with Gasteiger partial charge in [0.2, 0.25) is 0 Å². The maximum absolute atomic E-state index is 10.2. The number of rotatable bonds is 3. The lowest BCUT2D eigenvalue weighted by Gasteiger charge is -2.17. The monoisotopic (exact) mass is 129 g/mol. The van der Waals surface area contributed by atoms with E-state index in [0.29, 0.717) is 5.92 Å². The Morgan fingerprint density at radius 3 is 1.89 bits per heavy atom. The summed E-state index contributed by atoms with van der Waals surface area (Å²) in [5.74, 6) is 0.384. The van der Waals surface area contributed by atoms with Crippen LogP contribution < -0.4 is 5.73 Å². The van der Waals surface area contributed by atoms with Crippen LogP contribution in [0.25, 0.3) is 0 Å². The summed E-state index contributed by atoms with van der Waals surface area (Å²) < 4.78 is 0. The van der Waals surface area contributed by atoms with Crippen LogP contribution in [0.5, 0.6) is 0 Å². The van der Waals surface area contributed by atoms with Gasteiger partial charge in [-0.15, -0.1) is 0 Å². The molecule has 2 N–H and O–H groups in total. The van der Waals surface area contributed by atoms with Gasteiger partial charge in [0.15, 0.2) is 0 Å². The Labute approximate surface area is 56.4 Å². The third-order valence-electron chi connectivity index (χ3n) is 1.59. The Morgan fingerprint density at radius 1 is 1.33 bits per heavy atom. The van der Waals surface area contributed by atoms with Crippen molar-refractivity contribution in [2.24, 2.45) is 17.6 Å². The van der Waals surface area contributed by atoms with E-state index in [1.807, 2.05) is 20.8 Å². The highest BCUT2D eigenvalue weighted by Gasteiger charge is 2.14. The van der Waals surface area contributed by atoms with Crippen LogP contribution in [0, 0.1) is 11.8 Å². The van der Waals surface area contributed by atoms with Crippen LogP contribution in [0.4, 0.5) is 0 Å². The Hall–Kier alpha value is -0.370. The SMILES string of the molecule is CC(C)C(N)C(C)C=O. The molecule has 2 nitrogen and oxygen atoms in total. The van der Waals surface area contributed by atoms with Gasteiger partial charge in [-0.25, -0.2) is 0 Å². The predicted octanol–water partition coefficient (Wildman–Crippen LogP) is 0.805. The smallest absolute Gasteiger partial charge is 0.124 e. The van der Waals surface area contributed by atoms with Gasteiger partial charge in [-0.2, -0.15) is 0 Å². The molecule has 0 saturated heterocycles. The van der Waals surface area contributed by atoms with E-state index in [9.17, 15) is 4.79 Å². The van der Waals surface area contributed by atoms with Crippen molar-refractivity contribution in [3.05, 3.63) is 0 Å². The first kappa shape index (κ1) is 8.63. The lowest BCUT2D eigenvalue weighted by Crippen LogP contribution is -2.34. The minimum atomic E-state index is -0.00926. The number of hydrogen-bond acceptors (Lipinski definition) is 2. The van der Waals surface area contributed by atoms with Crippen LogP contribution in [0.2, 0.25) is 0 Å². The van der Waals surface area contributed by atoms with E-state index in [2.05, 4.69) is 0 Å². The van der Waals surface area contributed by atoms with E-state index < -0.39 is 0 Å². The van der Waals surface area contributed by atoms with Crippen LogP contribution in [0.15, 0.2) is 0 Å². The van der Waals surface area contributed by atoms with E-state index >= 15 is 0 Å². The normalized spacial score (nSPS) is 17.4. The van der Waals surface area contributed by atoms with Crippen LogP contribution >= 0.6 is 0 Å². The van der Waals surface area contributed by atoms with Crippen LogP contribution in [-0.4, -0.2) is 12.3 Å². The third-order valence-corrected chi connectivity index (χ3v) is 1.59. The van der Waals surface area contributed by atoms with Crippen molar-refractivity contribution in [1.82, 2.24) is 0 Å². The first-order valence-electron chi connectivity index (χ1n) is 3.30. The second-order valence-corrected chi connectivity index (χ2v) is 2.82. The lowest BCUT2D eigenvalue weighted by atomic mass is 9.94. The van der Waals surface area contributed by atoms with Crippen molar-refractivity contribution in [3.63, 3.8) is 0 Å².